The number of hydrogen-bond acceptors (Lipinski definition) is 4. The predicted octanol–water partition coefficient (Wildman–Crippen LogP) is 2.57. The lowest BCUT2D eigenvalue weighted by Gasteiger charge is -2.29. The van der Waals surface area contributed by atoms with Crippen LogP contribution in [0.2, 0.25) is 0 Å². The van der Waals surface area contributed by atoms with Crippen LogP contribution < -0.4 is 9.62 Å². The van der Waals surface area contributed by atoms with Crippen LogP contribution in [-0.4, -0.2) is 31.6 Å². The summed E-state index contributed by atoms with van der Waals surface area (Å²) in [6.45, 7) is 2.35. The van der Waals surface area contributed by atoms with Crippen LogP contribution >= 0.6 is 0 Å². The molecule has 1 aliphatic rings. The lowest BCUT2D eigenvalue weighted by atomic mass is 10.1. The Balaban J connectivity index is 1.81. The monoisotopic (exact) mass is 345 g/mol. The van der Waals surface area contributed by atoms with E-state index in [1.165, 1.54) is 10.5 Å². The number of hydrogen-bond donors (Lipinski definition) is 1. The molecule has 0 unspecified atom stereocenters. The normalized spacial score (nSPS) is 16.6. The van der Waals surface area contributed by atoms with Crippen molar-refractivity contribution in [3.8, 4) is 0 Å². The quantitative estimate of drug-likeness (QED) is 0.927. The average Bonchev–Trinajstić information content (AvgIpc) is 2.56. The van der Waals surface area contributed by atoms with Gasteiger partial charge in [0.1, 0.15) is 0 Å². The van der Waals surface area contributed by atoms with Crippen molar-refractivity contribution in [2.75, 3.05) is 21.9 Å². The highest BCUT2D eigenvalue weighted by molar-refractivity contribution is 7.92. The van der Waals surface area contributed by atoms with Crippen molar-refractivity contribution < 1.29 is 13.2 Å². The number of carbonyl (C=O) groups is 1. The van der Waals surface area contributed by atoms with E-state index in [9.17, 15) is 13.2 Å². The molecule has 1 aromatic carbocycles. The zero-order valence-corrected chi connectivity index (χ0v) is 14.2. The Morgan fingerprint density at radius 3 is 2.75 bits per heavy atom. The minimum atomic E-state index is -3.24. The Labute approximate surface area is 141 Å². The van der Waals surface area contributed by atoms with Crippen molar-refractivity contribution in [2.45, 2.75) is 19.8 Å². The summed E-state index contributed by atoms with van der Waals surface area (Å²) in [6, 6.07) is 8.64. The van der Waals surface area contributed by atoms with E-state index in [0.29, 0.717) is 29.9 Å². The Kier molecular flexibility index (Phi) is 4.53. The van der Waals surface area contributed by atoms with Crippen LogP contribution in [0.5, 0.6) is 0 Å². The molecule has 1 fully saturated rings. The van der Waals surface area contributed by atoms with Crippen molar-refractivity contribution in [3.63, 3.8) is 0 Å². The molecule has 3 rings (SSSR count). The van der Waals surface area contributed by atoms with E-state index in [-0.39, 0.29) is 11.7 Å². The number of nitrogens with one attached hydrogen (secondary N) is 1. The number of pyridine rings is 1. The molecule has 2 heterocycles. The van der Waals surface area contributed by atoms with Gasteiger partial charge in [-0.3, -0.25) is 14.1 Å². The standard InChI is InChI=1S/C17H19N3O3S/c1-13-11-15(19-17(21)14-5-4-8-18-12-14)6-7-16(13)20-9-2-3-10-24(20,22)23/h4-8,11-12H,2-3,9-10H2,1H3,(H,19,21). The summed E-state index contributed by atoms with van der Waals surface area (Å²) in [5.74, 6) is -0.0628. The average molecular weight is 345 g/mol. The van der Waals surface area contributed by atoms with Gasteiger partial charge in [0.25, 0.3) is 5.91 Å². The second-order valence-corrected chi connectivity index (χ2v) is 7.81. The SMILES string of the molecule is Cc1cc(NC(=O)c2cccnc2)ccc1N1CCCCS1(=O)=O. The van der Waals surface area contributed by atoms with Gasteiger partial charge in [0.15, 0.2) is 0 Å². The van der Waals surface area contributed by atoms with Crippen LogP contribution in [0.15, 0.2) is 42.7 Å². The number of benzene rings is 1. The van der Waals surface area contributed by atoms with E-state index in [2.05, 4.69) is 10.3 Å². The van der Waals surface area contributed by atoms with Crippen LogP contribution in [0.25, 0.3) is 0 Å². The van der Waals surface area contributed by atoms with E-state index < -0.39 is 10.0 Å². The van der Waals surface area contributed by atoms with E-state index in [1.54, 1.807) is 36.5 Å². The predicted molar refractivity (Wildman–Crippen MR) is 93.7 cm³/mol. The van der Waals surface area contributed by atoms with Crippen molar-refractivity contribution >= 4 is 27.3 Å². The molecule has 0 aliphatic carbocycles. The molecule has 126 valence electrons. The zero-order chi connectivity index (χ0) is 17.2. The van der Waals surface area contributed by atoms with Gasteiger partial charge in [-0.15, -0.1) is 0 Å². The molecule has 24 heavy (non-hydrogen) atoms. The summed E-state index contributed by atoms with van der Waals surface area (Å²) in [5.41, 5.74) is 2.58. The fourth-order valence-electron chi connectivity index (χ4n) is 2.77. The molecular formula is C17H19N3O3S. The van der Waals surface area contributed by atoms with Gasteiger partial charge in [-0.25, -0.2) is 8.42 Å². The number of carbonyl (C=O) groups excluding carboxylic acids is 1. The summed E-state index contributed by atoms with van der Waals surface area (Å²) < 4.78 is 25.9. The zero-order valence-electron chi connectivity index (χ0n) is 13.4. The molecule has 0 radical (unpaired) electrons. The fourth-order valence-corrected chi connectivity index (χ4v) is 4.47. The summed E-state index contributed by atoms with van der Waals surface area (Å²) >= 11 is 0. The molecule has 7 heteroatoms. The molecule has 1 aliphatic heterocycles. The molecule has 1 amide bonds. The van der Waals surface area contributed by atoms with Crippen LogP contribution in [0.4, 0.5) is 11.4 Å². The Morgan fingerprint density at radius 2 is 2.08 bits per heavy atom. The highest BCUT2D eigenvalue weighted by Gasteiger charge is 2.27. The van der Waals surface area contributed by atoms with Crippen molar-refractivity contribution in [2.24, 2.45) is 0 Å². The van der Waals surface area contributed by atoms with Crippen molar-refractivity contribution in [1.82, 2.24) is 4.98 Å². The first-order valence-corrected chi connectivity index (χ1v) is 9.41. The summed E-state index contributed by atoms with van der Waals surface area (Å²) in [4.78, 5) is 16.1. The summed E-state index contributed by atoms with van der Waals surface area (Å²) in [6.07, 6.45) is 4.67. The first-order chi connectivity index (χ1) is 11.5. The Morgan fingerprint density at radius 1 is 1.25 bits per heavy atom. The maximum Gasteiger partial charge on any atom is 0.257 e. The molecule has 0 saturated carbocycles. The molecule has 0 atom stereocenters. The number of sulfonamides is 1. The summed E-state index contributed by atoms with van der Waals surface area (Å²) in [7, 11) is -3.24. The van der Waals surface area contributed by atoms with Crippen LogP contribution in [0, 0.1) is 6.92 Å². The van der Waals surface area contributed by atoms with Crippen LogP contribution in [0.3, 0.4) is 0 Å². The van der Waals surface area contributed by atoms with Gasteiger partial charge in [-0.1, -0.05) is 0 Å². The van der Waals surface area contributed by atoms with E-state index in [1.807, 2.05) is 6.92 Å². The molecule has 1 saturated heterocycles. The third-order valence-electron chi connectivity index (χ3n) is 4.00. The van der Waals surface area contributed by atoms with Gasteiger partial charge in [-0.2, -0.15) is 0 Å². The molecule has 1 N–H and O–H groups in total. The van der Waals surface area contributed by atoms with E-state index in [4.69, 9.17) is 0 Å². The highest BCUT2D eigenvalue weighted by atomic mass is 32.2. The Hall–Kier alpha value is -2.41. The lowest BCUT2D eigenvalue weighted by molar-refractivity contribution is 0.102. The van der Waals surface area contributed by atoms with Crippen LogP contribution in [0.1, 0.15) is 28.8 Å². The van der Waals surface area contributed by atoms with Crippen LogP contribution in [-0.2, 0) is 10.0 Å². The first-order valence-electron chi connectivity index (χ1n) is 7.80. The first kappa shape index (κ1) is 16.4. The molecule has 6 nitrogen and oxygen atoms in total. The largest absolute Gasteiger partial charge is 0.322 e. The molecule has 1 aromatic heterocycles. The second kappa shape index (κ2) is 6.60. The second-order valence-electron chi connectivity index (χ2n) is 5.79. The minimum absolute atomic E-state index is 0.186. The molecule has 2 aromatic rings. The molecule has 0 bridgehead atoms. The summed E-state index contributed by atoms with van der Waals surface area (Å²) in [5, 5.41) is 2.80. The topological polar surface area (TPSA) is 79.4 Å². The van der Waals surface area contributed by atoms with E-state index in [0.717, 1.165) is 12.0 Å². The number of aromatic nitrogens is 1. The highest BCUT2D eigenvalue weighted by Crippen LogP contribution is 2.29. The maximum atomic E-state index is 12.2. The molecular weight excluding hydrogens is 326 g/mol. The van der Waals surface area contributed by atoms with Gasteiger partial charge < -0.3 is 5.32 Å². The Bertz CT molecular complexity index is 851. The number of rotatable bonds is 3. The van der Waals surface area contributed by atoms with Gasteiger partial charge in [0.2, 0.25) is 10.0 Å². The third kappa shape index (κ3) is 3.41. The molecule has 0 spiro atoms. The van der Waals surface area contributed by atoms with Gasteiger partial charge >= 0.3 is 0 Å². The van der Waals surface area contributed by atoms with Gasteiger partial charge in [-0.05, 0) is 55.7 Å². The third-order valence-corrected chi connectivity index (χ3v) is 5.85. The van der Waals surface area contributed by atoms with Crippen molar-refractivity contribution in [1.29, 1.82) is 0 Å². The van der Waals surface area contributed by atoms with E-state index >= 15 is 0 Å². The smallest absolute Gasteiger partial charge is 0.257 e. The van der Waals surface area contributed by atoms with Gasteiger partial charge in [0.05, 0.1) is 17.0 Å². The number of aryl methyl sites for hydroxylation is 1. The number of amides is 1. The minimum Gasteiger partial charge on any atom is -0.322 e. The van der Waals surface area contributed by atoms with Gasteiger partial charge in [0, 0.05) is 24.6 Å². The number of nitrogens with zero attached hydrogens (tertiary/aromatic N) is 2. The maximum absolute atomic E-state index is 12.2. The number of anilines is 2. The van der Waals surface area contributed by atoms with Crippen molar-refractivity contribution in [3.05, 3.63) is 53.9 Å². The fraction of sp³-hybridized carbons (Fsp3) is 0.294. The lowest BCUT2D eigenvalue weighted by Crippen LogP contribution is -2.38.